The molecule has 0 radical (unpaired) electrons. The fourth-order valence-electron chi connectivity index (χ4n) is 5.71. The standard InChI is InChI=1S/C21H25F3N8/c22-21(23,24)11-30-9-15-2-1-14(30)10-31(15)18-5-17(13-6-26-19(25)27-7-13)28-20(29-18)32-8-12-3-16(32)4-12/h5-7,12,14-16H,1-4,8-11H2,(H2,25,26,27)/t12?,14-,15-,16?/m0/s1. The Balaban J connectivity index is 1.33. The number of fused-ring (bicyclic) bond motifs is 4. The molecule has 6 aliphatic rings. The summed E-state index contributed by atoms with van der Waals surface area (Å²) in [5.41, 5.74) is 7.10. The van der Waals surface area contributed by atoms with Crippen LogP contribution in [0.15, 0.2) is 18.5 Å². The number of nitrogen functional groups attached to an aromatic ring is 1. The third-order valence-electron chi connectivity index (χ3n) is 7.35. The van der Waals surface area contributed by atoms with Crippen molar-refractivity contribution in [2.45, 2.75) is 50.0 Å². The molecule has 2 aromatic heterocycles. The molecule has 4 bridgehead atoms. The predicted octanol–water partition coefficient (Wildman–Crippen LogP) is 2.33. The van der Waals surface area contributed by atoms with Gasteiger partial charge in [0.05, 0.1) is 12.2 Å². The molecule has 1 aliphatic carbocycles. The molecule has 2 N–H and O–H groups in total. The molecule has 7 heterocycles. The van der Waals surface area contributed by atoms with Crippen molar-refractivity contribution in [3.63, 3.8) is 0 Å². The second-order valence-corrected chi connectivity index (χ2v) is 9.47. The van der Waals surface area contributed by atoms with E-state index in [9.17, 15) is 13.2 Å². The highest BCUT2D eigenvalue weighted by atomic mass is 19.4. The van der Waals surface area contributed by atoms with Gasteiger partial charge in [0.25, 0.3) is 0 Å². The van der Waals surface area contributed by atoms with Crippen molar-refractivity contribution in [2.75, 3.05) is 41.7 Å². The van der Waals surface area contributed by atoms with Crippen LogP contribution in [0.3, 0.4) is 0 Å². The molecule has 32 heavy (non-hydrogen) atoms. The zero-order valence-corrected chi connectivity index (χ0v) is 17.5. The number of anilines is 3. The molecule has 5 aliphatic heterocycles. The van der Waals surface area contributed by atoms with Gasteiger partial charge >= 0.3 is 6.18 Å². The molecule has 11 heteroatoms. The maximum atomic E-state index is 13.0. The Hall–Kier alpha value is -2.69. The summed E-state index contributed by atoms with van der Waals surface area (Å²) in [5, 5.41) is 0. The SMILES string of the molecule is Nc1ncc(-c2cc(N3C[C@@H]4CC[C@H]3CN4CC(F)(F)F)nc(N3CC4CC3C4)n2)cn1. The first-order chi connectivity index (χ1) is 15.3. The Bertz CT molecular complexity index is 1010. The van der Waals surface area contributed by atoms with E-state index in [1.807, 2.05) is 6.07 Å². The van der Waals surface area contributed by atoms with E-state index in [0.717, 1.165) is 30.8 Å². The van der Waals surface area contributed by atoms with Crippen LogP contribution < -0.4 is 15.5 Å². The highest BCUT2D eigenvalue weighted by molar-refractivity contribution is 5.65. The van der Waals surface area contributed by atoms with Gasteiger partial charge in [-0.2, -0.15) is 18.2 Å². The Morgan fingerprint density at radius 2 is 1.69 bits per heavy atom. The second-order valence-electron chi connectivity index (χ2n) is 9.47. The molecule has 8 rings (SSSR count). The quantitative estimate of drug-likeness (QED) is 0.766. The van der Waals surface area contributed by atoms with E-state index in [1.165, 1.54) is 12.8 Å². The molecular weight excluding hydrogens is 421 g/mol. The van der Waals surface area contributed by atoms with E-state index >= 15 is 0 Å². The summed E-state index contributed by atoms with van der Waals surface area (Å²) in [6.07, 6.45) is 3.12. The average molecular weight is 446 g/mol. The molecule has 6 fully saturated rings. The number of hydrogen-bond acceptors (Lipinski definition) is 8. The van der Waals surface area contributed by atoms with Gasteiger partial charge in [-0.3, -0.25) is 4.90 Å². The molecule has 2 aromatic rings. The van der Waals surface area contributed by atoms with Crippen LogP contribution in [-0.2, 0) is 0 Å². The molecule has 5 saturated heterocycles. The van der Waals surface area contributed by atoms with Crippen molar-refractivity contribution in [3.8, 4) is 11.3 Å². The zero-order valence-electron chi connectivity index (χ0n) is 17.5. The van der Waals surface area contributed by atoms with Gasteiger partial charge in [-0.1, -0.05) is 0 Å². The van der Waals surface area contributed by atoms with Crippen LogP contribution in [0.25, 0.3) is 11.3 Å². The van der Waals surface area contributed by atoms with Gasteiger partial charge < -0.3 is 15.5 Å². The molecule has 8 nitrogen and oxygen atoms in total. The van der Waals surface area contributed by atoms with E-state index in [1.54, 1.807) is 17.3 Å². The lowest BCUT2D eigenvalue weighted by atomic mass is 9.86. The summed E-state index contributed by atoms with van der Waals surface area (Å²) in [4.78, 5) is 24.0. The van der Waals surface area contributed by atoms with Crippen LogP contribution in [0.4, 0.5) is 30.9 Å². The Morgan fingerprint density at radius 1 is 0.938 bits per heavy atom. The zero-order chi connectivity index (χ0) is 22.0. The van der Waals surface area contributed by atoms with E-state index in [-0.39, 0.29) is 18.0 Å². The first-order valence-electron chi connectivity index (χ1n) is 11.1. The van der Waals surface area contributed by atoms with Gasteiger partial charge in [0.1, 0.15) is 5.82 Å². The number of rotatable bonds is 4. The van der Waals surface area contributed by atoms with Crippen molar-refractivity contribution in [1.29, 1.82) is 0 Å². The summed E-state index contributed by atoms with van der Waals surface area (Å²) in [6.45, 7) is 1.05. The Kier molecular flexibility index (Phi) is 4.46. The Labute approximate surface area is 183 Å². The minimum Gasteiger partial charge on any atom is -0.368 e. The summed E-state index contributed by atoms with van der Waals surface area (Å²) in [7, 11) is 0. The van der Waals surface area contributed by atoms with Gasteiger partial charge in [-0.25, -0.2) is 15.0 Å². The monoisotopic (exact) mass is 446 g/mol. The number of hydrogen-bond donors (Lipinski definition) is 1. The lowest BCUT2D eigenvalue weighted by molar-refractivity contribution is -0.156. The number of alkyl halides is 3. The minimum absolute atomic E-state index is 0.00729. The normalized spacial score (nSPS) is 29.5. The number of nitrogens with zero attached hydrogens (tertiary/aromatic N) is 7. The average Bonchev–Trinajstić information content (AvgIpc) is 3.35. The van der Waals surface area contributed by atoms with Gasteiger partial charge in [-0.05, 0) is 31.6 Å². The van der Waals surface area contributed by atoms with Crippen molar-refractivity contribution >= 4 is 17.7 Å². The topological polar surface area (TPSA) is 87.3 Å². The summed E-state index contributed by atoms with van der Waals surface area (Å²) in [5.74, 6) is 2.36. The van der Waals surface area contributed by atoms with Crippen molar-refractivity contribution in [3.05, 3.63) is 18.5 Å². The molecule has 1 saturated carbocycles. The Morgan fingerprint density at radius 3 is 2.31 bits per heavy atom. The number of aromatic nitrogens is 4. The number of nitrogens with two attached hydrogens (primary N) is 1. The third-order valence-corrected chi connectivity index (χ3v) is 7.35. The molecule has 170 valence electrons. The maximum absolute atomic E-state index is 13.0. The highest BCUT2D eigenvalue weighted by Gasteiger charge is 2.46. The second kappa shape index (κ2) is 7.16. The van der Waals surface area contributed by atoms with Crippen LogP contribution in [-0.4, -0.2) is 75.3 Å². The van der Waals surface area contributed by atoms with E-state index in [2.05, 4.69) is 19.8 Å². The summed E-state index contributed by atoms with van der Waals surface area (Å²) < 4.78 is 39.1. The predicted molar refractivity (Wildman–Crippen MR) is 113 cm³/mol. The highest BCUT2D eigenvalue weighted by Crippen LogP contribution is 2.43. The summed E-state index contributed by atoms with van der Waals surface area (Å²) >= 11 is 0. The van der Waals surface area contributed by atoms with Crippen LogP contribution >= 0.6 is 0 Å². The van der Waals surface area contributed by atoms with E-state index < -0.39 is 12.7 Å². The molecule has 0 aromatic carbocycles. The van der Waals surface area contributed by atoms with Gasteiger partial charge in [0, 0.05) is 61.8 Å². The lowest BCUT2D eigenvalue weighted by Gasteiger charge is -2.52. The first kappa shape index (κ1) is 20.0. The minimum atomic E-state index is -4.18. The molecule has 0 amide bonds. The van der Waals surface area contributed by atoms with Crippen LogP contribution in [0.1, 0.15) is 25.7 Å². The van der Waals surface area contributed by atoms with E-state index in [4.69, 9.17) is 15.7 Å². The van der Waals surface area contributed by atoms with Crippen molar-refractivity contribution in [2.24, 2.45) is 5.92 Å². The van der Waals surface area contributed by atoms with Crippen LogP contribution in [0, 0.1) is 5.92 Å². The fraction of sp³-hybridized carbons (Fsp3) is 0.619. The lowest BCUT2D eigenvalue weighted by Crippen LogP contribution is -2.64. The van der Waals surface area contributed by atoms with Gasteiger partial charge in [0.2, 0.25) is 11.9 Å². The molecule has 0 spiro atoms. The largest absolute Gasteiger partial charge is 0.401 e. The molecular formula is C21H25F3N8. The van der Waals surface area contributed by atoms with Crippen molar-refractivity contribution in [1.82, 2.24) is 24.8 Å². The molecule has 2 atom stereocenters. The summed E-state index contributed by atoms with van der Waals surface area (Å²) in [6, 6.07) is 2.27. The first-order valence-corrected chi connectivity index (χ1v) is 11.1. The number of piperidine rings is 2. The van der Waals surface area contributed by atoms with Crippen LogP contribution in [0.5, 0.6) is 0 Å². The van der Waals surface area contributed by atoms with Gasteiger partial charge in [-0.15, -0.1) is 0 Å². The third kappa shape index (κ3) is 3.52. The van der Waals surface area contributed by atoms with Crippen LogP contribution in [0.2, 0.25) is 0 Å². The van der Waals surface area contributed by atoms with Crippen molar-refractivity contribution < 1.29 is 13.2 Å². The molecule has 0 unspecified atom stereocenters. The number of piperazine rings is 1. The van der Waals surface area contributed by atoms with Gasteiger partial charge in [0.15, 0.2) is 0 Å². The fourth-order valence-corrected chi connectivity index (χ4v) is 5.71. The smallest absolute Gasteiger partial charge is 0.368 e. The van der Waals surface area contributed by atoms with E-state index in [0.29, 0.717) is 36.7 Å². The number of halogens is 3. The maximum Gasteiger partial charge on any atom is 0.401 e.